The molecule has 0 fully saturated rings. The summed E-state index contributed by atoms with van der Waals surface area (Å²) in [5.74, 6) is -2.95. The average molecular weight is 234 g/mol. The van der Waals surface area contributed by atoms with Gasteiger partial charge in [0.25, 0.3) is 5.92 Å². The summed E-state index contributed by atoms with van der Waals surface area (Å²) in [6.07, 6.45) is 0.871. The first kappa shape index (κ1) is 11.6. The Morgan fingerprint density at radius 1 is 1.35 bits per heavy atom. The number of benzene rings is 1. The molecular weight excluding hydrogens is 222 g/mol. The number of nitriles is 1. The number of aryl methyl sites for hydroxylation is 1. The summed E-state index contributed by atoms with van der Waals surface area (Å²) >= 11 is 0. The van der Waals surface area contributed by atoms with Crippen molar-refractivity contribution in [3.8, 4) is 6.07 Å². The van der Waals surface area contributed by atoms with Gasteiger partial charge >= 0.3 is 0 Å². The number of fused-ring (bicyclic) bond motifs is 1. The van der Waals surface area contributed by atoms with Crippen LogP contribution in [0.5, 0.6) is 0 Å². The van der Waals surface area contributed by atoms with Crippen LogP contribution < -0.4 is 0 Å². The van der Waals surface area contributed by atoms with Crippen molar-refractivity contribution >= 4 is 10.9 Å². The van der Waals surface area contributed by atoms with Crippen LogP contribution in [0.4, 0.5) is 8.78 Å². The van der Waals surface area contributed by atoms with Gasteiger partial charge in [-0.15, -0.1) is 0 Å². The van der Waals surface area contributed by atoms with E-state index in [-0.39, 0.29) is 12.0 Å². The molecule has 0 N–H and O–H groups in total. The molecule has 0 aliphatic rings. The van der Waals surface area contributed by atoms with E-state index in [1.165, 1.54) is 6.20 Å². The fourth-order valence-electron chi connectivity index (χ4n) is 1.98. The summed E-state index contributed by atoms with van der Waals surface area (Å²) in [7, 11) is 1.74. The lowest BCUT2D eigenvalue weighted by Crippen LogP contribution is -2.12. The highest BCUT2D eigenvalue weighted by molar-refractivity contribution is 5.84. The molecule has 17 heavy (non-hydrogen) atoms. The molecule has 4 heteroatoms. The first-order valence-corrected chi connectivity index (χ1v) is 5.35. The number of para-hydroxylation sites is 1. The third-order valence-electron chi connectivity index (χ3n) is 2.84. The number of halogens is 2. The topological polar surface area (TPSA) is 28.7 Å². The quantitative estimate of drug-likeness (QED) is 0.798. The Morgan fingerprint density at radius 2 is 2.06 bits per heavy atom. The van der Waals surface area contributed by atoms with Gasteiger partial charge in [0.05, 0.1) is 6.07 Å². The van der Waals surface area contributed by atoms with Crippen LogP contribution in [0.25, 0.3) is 10.9 Å². The van der Waals surface area contributed by atoms with Gasteiger partial charge in [-0.2, -0.15) is 5.26 Å². The first-order valence-electron chi connectivity index (χ1n) is 5.35. The lowest BCUT2D eigenvalue weighted by atomic mass is 10.0. The molecule has 0 radical (unpaired) electrons. The highest BCUT2D eigenvalue weighted by Gasteiger charge is 2.34. The molecule has 0 spiro atoms. The number of alkyl halides is 2. The zero-order valence-corrected chi connectivity index (χ0v) is 9.45. The van der Waals surface area contributed by atoms with E-state index >= 15 is 0 Å². The number of rotatable bonds is 3. The Bertz CT molecular complexity index is 579. The van der Waals surface area contributed by atoms with Crippen molar-refractivity contribution in [2.75, 3.05) is 0 Å². The van der Waals surface area contributed by atoms with E-state index in [4.69, 9.17) is 5.26 Å². The molecule has 0 saturated carbocycles. The molecule has 0 aliphatic heterocycles. The molecule has 2 aromatic rings. The monoisotopic (exact) mass is 234 g/mol. The highest BCUT2D eigenvalue weighted by atomic mass is 19.3. The van der Waals surface area contributed by atoms with Gasteiger partial charge in [0, 0.05) is 42.6 Å². The van der Waals surface area contributed by atoms with Crippen molar-refractivity contribution in [1.82, 2.24) is 4.57 Å². The SMILES string of the molecule is Cn1cc(C(F)(F)CCC#N)c2ccccc21. The van der Waals surface area contributed by atoms with Crippen LogP contribution in [0, 0.1) is 11.3 Å². The van der Waals surface area contributed by atoms with E-state index in [2.05, 4.69) is 0 Å². The zero-order chi connectivity index (χ0) is 12.5. The maximum absolute atomic E-state index is 13.9. The molecular formula is C13H12F2N2. The van der Waals surface area contributed by atoms with Gasteiger partial charge in [-0.25, -0.2) is 8.78 Å². The van der Waals surface area contributed by atoms with Gasteiger partial charge in [0.2, 0.25) is 0 Å². The van der Waals surface area contributed by atoms with Crippen molar-refractivity contribution in [3.63, 3.8) is 0 Å². The summed E-state index contributed by atoms with van der Waals surface area (Å²) in [6.45, 7) is 0. The smallest absolute Gasteiger partial charge is 0.276 e. The van der Waals surface area contributed by atoms with Crippen molar-refractivity contribution in [1.29, 1.82) is 5.26 Å². The number of hydrogen-bond acceptors (Lipinski definition) is 1. The molecule has 0 bridgehead atoms. The zero-order valence-electron chi connectivity index (χ0n) is 9.45. The van der Waals surface area contributed by atoms with E-state index < -0.39 is 12.3 Å². The minimum atomic E-state index is -2.95. The maximum atomic E-state index is 13.9. The molecule has 88 valence electrons. The average Bonchev–Trinajstić information content (AvgIpc) is 2.66. The van der Waals surface area contributed by atoms with E-state index in [1.54, 1.807) is 35.9 Å². The van der Waals surface area contributed by atoms with Crippen molar-refractivity contribution < 1.29 is 8.78 Å². The number of hydrogen-bond donors (Lipinski definition) is 0. The van der Waals surface area contributed by atoms with Gasteiger partial charge in [-0.1, -0.05) is 18.2 Å². The predicted molar refractivity (Wildman–Crippen MR) is 61.7 cm³/mol. The molecule has 1 aromatic carbocycles. The van der Waals surface area contributed by atoms with Gasteiger partial charge in [-0.3, -0.25) is 0 Å². The van der Waals surface area contributed by atoms with Gasteiger partial charge < -0.3 is 4.57 Å². The molecule has 0 unspecified atom stereocenters. The lowest BCUT2D eigenvalue weighted by Gasteiger charge is -2.13. The van der Waals surface area contributed by atoms with Crippen LogP contribution in [-0.2, 0) is 13.0 Å². The third-order valence-corrected chi connectivity index (χ3v) is 2.84. The third kappa shape index (κ3) is 2.01. The van der Waals surface area contributed by atoms with Crippen LogP contribution in [0.3, 0.4) is 0 Å². The van der Waals surface area contributed by atoms with E-state index in [9.17, 15) is 8.78 Å². The summed E-state index contributed by atoms with van der Waals surface area (Å²) in [5.41, 5.74) is 0.782. The van der Waals surface area contributed by atoms with Gasteiger partial charge in [0.15, 0.2) is 0 Å². The fourth-order valence-corrected chi connectivity index (χ4v) is 1.98. The first-order chi connectivity index (χ1) is 8.06. The summed E-state index contributed by atoms with van der Waals surface area (Å²) in [4.78, 5) is 0. The van der Waals surface area contributed by atoms with Crippen molar-refractivity contribution in [2.45, 2.75) is 18.8 Å². The van der Waals surface area contributed by atoms with Crippen LogP contribution in [0.15, 0.2) is 30.5 Å². The van der Waals surface area contributed by atoms with Gasteiger partial charge in [0.1, 0.15) is 0 Å². The lowest BCUT2D eigenvalue weighted by molar-refractivity contribution is -0.0105. The second-order valence-corrected chi connectivity index (χ2v) is 4.03. The molecule has 2 nitrogen and oxygen atoms in total. The number of nitrogens with zero attached hydrogens (tertiary/aromatic N) is 2. The Kier molecular flexibility index (Phi) is 2.84. The molecule has 1 heterocycles. The second-order valence-electron chi connectivity index (χ2n) is 4.03. The molecule has 1 aromatic heterocycles. The van der Waals surface area contributed by atoms with Crippen molar-refractivity contribution in [2.24, 2.45) is 7.05 Å². The fraction of sp³-hybridized carbons (Fsp3) is 0.308. The summed E-state index contributed by atoms with van der Waals surface area (Å²) in [6, 6.07) is 8.81. The minimum Gasteiger partial charge on any atom is -0.350 e. The summed E-state index contributed by atoms with van der Waals surface area (Å²) in [5, 5.41) is 8.96. The Hall–Kier alpha value is -1.89. The predicted octanol–water partition coefficient (Wildman–Crippen LogP) is 3.57. The Labute approximate surface area is 98.1 Å². The van der Waals surface area contributed by atoms with Crippen LogP contribution >= 0.6 is 0 Å². The Balaban J connectivity index is 2.52. The highest BCUT2D eigenvalue weighted by Crippen LogP contribution is 2.37. The van der Waals surface area contributed by atoms with Crippen molar-refractivity contribution in [3.05, 3.63) is 36.0 Å². The van der Waals surface area contributed by atoms with Crippen LogP contribution in [-0.4, -0.2) is 4.57 Å². The Morgan fingerprint density at radius 3 is 2.76 bits per heavy atom. The molecule has 0 saturated heterocycles. The largest absolute Gasteiger partial charge is 0.350 e. The molecule has 0 amide bonds. The molecule has 0 aliphatic carbocycles. The second kappa shape index (κ2) is 4.17. The van der Waals surface area contributed by atoms with E-state index in [0.717, 1.165) is 5.52 Å². The van der Waals surface area contributed by atoms with Gasteiger partial charge in [-0.05, 0) is 6.07 Å². The molecule has 0 atom stereocenters. The van der Waals surface area contributed by atoms with Crippen LogP contribution in [0.1, 0.15) is 18.4 Å². The standard InChI is InChI=1S/C13H12F2N2/c1-17-9-11(13(14,15)7-4-8-16)10-5-2-3-6-12(10)17/h2-3,5-6,9H,4,7H2,1H3. The minimum absolute atomic E-state index is 0.00542. The normalized spacial score (nSPS) is 11.6. The van der Waals surface area contributed by atoms with E-state index in [0.29, 0.717) is 5.39 Å². The maximum Gasteiger partial charge on any atom is 0.276 e. The molecule has 2 rings (SSSR count). The summed E-state index contributed by atoms with van der Waals surface area (Å²) < 4.78 is 29.5. The van der Waals surface area contributed by atoms with Crippen LogP contribution in [0.2, 0.25) is 0 Å². The number of aromatic nitrogens is 1. The van der Waals surface area contributed by atoms with E-state index in [1.807, 2.05) is 6.07 Å².